The number of fused-ring (bicyclic) bond motifs is 1. The van der Waals surface area contributed by atoms with Crippen LogP contribution >= 0.6 is 0 Å². The topological polar surface area (TPSA) is 178 Å². The van der Waals surface area contributed by atoms with E-state index in [1.807, 2.05) is 6.07 Å². The third kappa shape index (κ3) is 6.00. The lowest BCUT2D eigenvalue weighted by Crippen LogP contribution is -2.61. The summed E-state index contributed by atoms with van der Waals surface area (Å²) in [5.74, 6) is -4.09. The summed E-state index contributed by atoms with van der Waals surface area (Å²) in [5.41, 5.74) is 0.649. The molecule has 1 aromatic rings. The number of cyclic esters (lactones) is 1. The van der Waals surface area contributed by atoms with Crippen LogP contribution in [0.25, 0.3) is 6.08 Å². The first-order valence-electron chi connectivity index (χ1n) is 11.7. The molecule has 0 amide bonds. The van der Waals surface area contributed by atoms with Gasteiger partial charge < -0.3 is 44.1 Å². The minimum atomic E-state index is -1.71. The molecule has 0 spiro atoms. The van der Waals surface area contributed by atoms with Crippen LogP contribution in [0.2, 0.25) is 0 Å². The second-order valence-electron chi connectivity index (χ2n) is 8.99. The molecule has 3 aliphatic heterocycles. The van der Waals surface area contributed by atoms with Crippen molar-refractivity contribution >= 4 is 24.0 Å². The van der Waals surface area contributed by atoms with E-state index in [1.54, 1.807) is 37.3 Å². The van der Waals surface area contributed by atoms with E-state index < -0.39 is 79.5 Å². The Morgan fingerprint density at radius 3 is 2.51 bits per heavy atom. The first kappa shape index (κ1) is 26.8. The van der Waals surface area contributed by atoms with Crippen LogP contribution in [0.4, 0.5) is 0 Å². The predicted molar refractivity (Wildman–Crippen MR) is 122 cm³/mol. The number of esters is 2. The van der Waals surface area contributed by atoms with E-state index in [-0.39, 0.29) is 12.0 Å². The van der Waals surface area contributed by atoms with Gasteiger partial charge in [-0.1, -0.05) is 30.3 Å². The maximum absolute atomic E-state index is 12.1. The Morgan fingerprint density at radius 2 is 1.81 bits per heavy atom. The number of aliphatic carboxylic acids is 1. The fraction of sp³-hybridized carbons (Fsp3) is 0.480. The molecule has 4 N–H and O–H groups in total. The number of aliphatic hydroxyl groups is 3. The summed E-state index contributed by atoms with van der Waals surface area (Å²) in [6.45, 7) is 1.10. The van der Waals surface area contributed by atoms with Gasteiger partial charge in [0.1, 0.15) is 37.1 Å². The summed E-state index contributed by atoms with van der Waals surface area (Å²) in [7, 11) is 0. The summed E-state index contributed by atoms with van der Waals surface area (Å²) < 4.78 is 27.2. The van der Waals surface area contributed by atoms with Crippen LogP contribution < -0.4 is 0 Å². The van der Waals surface area contributed by atoms with Crippen molar-refractivity contribution in [1.82, 2.24) is 0 Å². The van der Waals surface area contributed by atoms with Crippen LogP contribution in [0.1, 0.15) is 18.9 Å². The smallest absolute Gasteiger partial charge is 0.335 e. The first-order chi connectivity index (χ1) is 17.7. The number of rotatable bonds is 7. The highest BCUT2D eigenvalue weighted by molar-refractivity contribution is 5.88. The molecule has 12 nitrogen and oxygen atoms in total. The molecule has 0 radical (unpaired) electrons. The molecule has 37 heavy (non-hydrogen) atoms. The Bertz CT molecular complexity index is 1050. The van der Waals surface area contributed by atoms with Crippen molar-refractivity contribution in [3.63, 3.8) is 0 Å². The largest absolute Gasteiger partial charge is 0.478 e. The standard InChI is InChI=1S/C25H28O12/c1-12-19-14(9-18(27)35-12)15(23(31)32)10-34-24(19)37-25-22(30)21(29)20(28)16(36-25)11-33-17(26)8-7-13-5-3-2-4-6-13/h2-8,10,12,14,16,19-22,24-25,28-30H,9,11H2,1H3,(H,31,32)/b8-7+/t12?,14-,16?,19-,20?,21?,22?,24?,25?/m1/s1. The quantitative estimate of drug-likeness (QED) is 0.279. The zero-order chi connectivity index (χ0) is 26.7. The monoisotopic (exact) mass is 520 g/mol. The highest BCUT2D eigenvalue weighted by Gasteiger charge is 2.52. The van der Waals surface area contributed by atoms with Crippen molar-refractivity contribution in [2.75, 3.05) is 6.61 Å². The first-order valence-corrected chi connectivity index (χ1v) is 11.7. The van der Waals surface area contributed by atoms with E-state index in [0.29, 0.717) is 0 Å². The number of hydrogen-bond acceptors (Lipinski definition) is 11. The van der Waals surface area contributed by atoms with Crippen molar-refractivity contribution in [1.29, 1.82) is 0 Å². The molecular formula is C25H28O12. The second-order valence-corrected chi connectivity index (χ2v) is 8.99. The van der Waals surface area contributed by atoms with E-state index in [2.05, 4.69) is 0 Å². The summed E-state index contributed by atoms with van der Waals surface area (Å²) in [5, 5.41) is 40.6. The third-order valence-corrected chi connectivity index (χ3v) is 6.54. The minimum absolute atomic E-state index is 0.123. The van der Waals surface area contributed by atoms with Crippen molar-refractivity contribution in [2.24, 2.45) is 11.8 Å². The lowest BCUT2D eigenvalue weighted by atomic mass is 9.77. The number of hydrogen-bond donors (Lipinski definition) is 4. The van der Waals surface area contributed by atoms with Crippen LogP contribution in [0.3, 0.4) is 0 Å². The SMILES string of the molecule is CC1OC(=O)C[C@@H]2C(C(=O)O)=COC(OC3OC(COC(=O)/C=C/c4ccccc4)C(O)C(O)C3O)[C@H]12. The molecule has 2 fully saturated rings. The molecule has 1 aromatic carbocycles. The van der Waals surface area contributed by atoms with Crippen LogP contribution in [0, 0.1) is 11.8 Å². The molecule has 4 rings (SSSR count). The maximum Gasteiger partial charge on any atom is 0.335 e. The van der Waals surface area contributed by atoms with Gasteiger partial charge in [0.2, 0.25) is 6.29 Å². The Labute approximate surface area is 211 Å². The molecule has 7 unspecified atom stereocenters. The summed E-state index contributed by atoms with van der Waals surface area (Å²) in [4.78, 5) is 35.7. The van der Waals surface area contributed by atoms with Crippen molar-refractivity contribution < 1.29 is 58.5 Å². The normalized spacial score (nSPS) is 35.6. The average Bonchev–Trinajstić information content (AvgIpc) is 2.87. The molecular weight excluding hydrogens is 492 g/mol. The Balaban J connectivity index is 1.42. The molecule has 9 atom stereocenters. The van der Waals surface area contributed by atoms with E-state index in [1.165, 1.54) is 6.08 Å². The van der Waals surface area contributed by atoms with Crippen LogP contribution in [0.15, 0.2) is 48.2 Å². The Hall–Kier alpha value is -3.29. The van der Waals surface area contributed by atoms with Gasteiger partial charge in [0.15, 0.2) is 6.29 Å². The number of carboxylic acids is 1. The van der Waals surface area contributed by atoms with Gasteiger partial charge in [-0.05, 0) is 18.6 Å². The minimum Gasteiger partial charge on any atom is -0.478 e. The second kappa shape index (κ2) is 11.4. The number of ether oxygens (including phenoxy) is 5. The van der Waals surface area contributed by atoms with Gasteiger partial charge >= 0.3 is 17.9 Å². The van der Waals surface area contributed by atoms with E-state index in [4.69, 9.17) is 23.7 Å². The van der Waals surface area contributed by atoms with Crippen molar-refractivity contribution in [3.8, 4) is 0 Å². The molecule has 3 aliphatic rings. The highest BCUT2D eigenvalue weighted by Crippen LogP contribution is 2.41. The van der Waals surface area contributed by atoms with Gasteiger partial charge in [0, 0.05) is 12.0 Å². The van der Waals surface area contributed by atoms with Gasteiger partial charge in [-0.2, -0.15) is 0 Å². The van der Waals surface area contributed by atoms with Gasteiger partial charge in [0.25, 0.3) is 0 Å². The molecule has 0 bridgehead atoms. The zero-order valence-electron chi connectivity index (χ0n) is 19.8. The van der Waals surface area contributed by atoms with Crippen LogP contribution in [0.5, 0.6) is 0 Å². The predicted octanol–water partition coefficient (Wildman–Crippen LogP) is -0.0402. The average molecular weight is 520 g/mol. The molecule has 200 valence electrons. The summed E-state index contributed by atoms with van der Waals surface area (Å²) in [6.07, 6.45) is -6.34. The Kier molecular flexibility index (Phi) is 8.25. The van der Waals surface area contributed by atoms with E-state index >= 15 is 0 Å². The van der Waals surface area contributed by atoms with Gasteiger partial charge in [-0.25, -0.2) is 9.59 Å². The highest BCUT2D eigenvalue weighted by atomic mass is 16.8. The fourth-order valence-electron chi connectivity index (χ4n) is 4.59. The molecule has 0 aromatic heterocycles. The summed E-state index contributed by atoms with van der Waals surface area (Å²) in [6, 6.07) is 9.02. The van der Waals surface area contributed by atoms with E-state index in [9.17, 15) is 34.8 Å². The molecule has 12 heteroatoms. The molecule has 2 saturated heterocycles. The van der Waals surface area contributed by atoms with E-state index in [0.717, 1.165) is 11.8 Å². The van der Waals surface area contributed by atoms with Gasteiger partial charge in [-0.3, -0.25) is 4.79 Å². The lowest BCUT2D eigenvalue weighted by molar-refractivity contribution is -0.346. The fourth-order valence-corrected chi connectivity index (χ4v) is 4.59. The number of carbonyl (C=O) groups is 3. The van der Waals surface area contributed by atoms with Crippen LogP contribution in [-0.4, -0.2) is 88.0 Å². The number of aliphatic hydroxyl groups excluding tert-OH is 3. The van der Waals surface area contributed by atoms with Crippen molar-refractivity contribution in [2.45, 2.75) is 56.4 Å². The van der Waals surface area contributed by atoms with Gasteiger partial charge in [-0.15, -0.1) is 0 Å². The number of carboxylic acid groups (broad SMARTS) is 1. The molecule has 0 aliphatic carbocycles. The van der Waals surface area contributed by atoms with Crippen LogP contribution in [-0.2, 0) is 38.1 Å². The number of carbonyl (C=O) groups excluding carboxylic acids is 2. The molecule has 0 saturated carbocycles. The zero-order valence-corrected chi connectivity index (χ0v) is 19.8. The Morgan fingerprint density at radius 1 is 1.08 bits per heavy atom. The lowest BCUT2D eigenvalue weighted by Gasteiger charge is -2.45. The van der Waals surface area contributed by atoms with Gasteiger partial charge in [0.05, 0.1) is 24.2 Å². The third-order valence-electron chi connectivity index (χ3n) is 6.54. The number of benzene rings is 1. The summed E-state index contributed by atoms with van der Waals surface area (Å²) >= 11 is 0. The maximum atomic E-state index is 12.1. The molecule has 3 heterocycles. The van der Waals surface area contributed by atoms with Crippen molar-refractivity contribution in [3.05, 3.63) is 53.8 Å².